The Hall–Kier alpha value is -3.29. The molecular weight excluding hydrogens is 530 g/mol. The molecule has 0 bridgehead atoms. The summed E-state index contributed by atoms with van der Waals surface area (Å²) in [4.78, 5) is 69.6. The predicted molar refractivity (Wildman–Crippen MR) is 138 cm³/mol. The first kappa shape index (κ1) is 29.7. The van der Waals surface area contributed by atoms with Gasteiger partial charge in [-0.3, -0.25) is 28.9 Å². The fourth-order valence-electron chi connectivity index (χ4n) is 6.64. The van der Waals surface area contributed by atoms with Crippen LogP contribution in [0.4, 0.5) is 14.5 Å². The minimum atomic E-state index is -2.81. The molecule has 5 N–H and O–H groups in total. The topological polar surface area (TPSA) is 170 Å². The number of fused-ring (bicyclic) bond motifs is 3. The number of hydrogen-bond acceptors (Lipinski definition) is 10. The molecule has 1 aromatic carbocycles. The summed E-state index contributed by atoms with van der Waals surface area (Å²) in [5.41, 5.74) is 3.49. The number of hydrogen-bond donors (Lipinski definition) is 4. The fourth-order valence-corrected chi connectivity index (χ4v) is 6.64. The summed E-state index contributed by atoms with van der Waals surface area (Å²) in [5.74, 6) is -11.4. The van der Waals surface area contributed by atoms with Crippen LogP contribution in [0, 0.1) is 23.7 Å². The number of rotatable bonds is 8. The van der Waals surface area contributed by atoms with Gasteiger partial charge in [-0.15, -0.1) is 0 Å². The molecule has 1 amide bonds. The summed E-state index contributed by atoms with van der Waals surface area (Å²) in [7, 11) is 6.45. The van der Waals surface area contributed by atoms with Crippen LogP contribution < -0.4 is 16.0 Å². The minimum absolute atomic E-state index is 0.0600. The number of benzene rings is 1. The van der Waals surface area contributed by atoms with Gasteiger partial charge in [0.15, 0.2) is 34.7 Å². The third-order valence-electron chi connectivity index (χ3n) is 8.55. The largest absolute Gasteiger partial charge is 0.507 e. The number of nitrogens with two attached hydrogens (primary N) is 1. The number of aliphatic hydroxyl groups is 1. The Morgan fingerprint density at radius 1 is 1.15 bits per heavy atom. The van der Waals surface area contributed by atoms with Gasteiger partial charge in [-0.2, -0.15) is 0 Å². The van der Waals surface area contributed by atoms with Gasteiger partial charge in [-0.1, -0.05) is 0 Å². The highest BCUT2D eigenvalue weighted by atomic mass is 19.1. The van der Waals surface area contributed by atoms with E-state index >= 15 is 0 Å². The van der Waals surface area contributed by atoms with Crippen molar-refractivity contribution in [3.63, 3.8) is 0 Å². The number of primary amides is 1. The number of amides is 1. The van der Waals surface area contributed by atoms with Crippen LogP contribution in [0.25, 0.3) is 0 Å². The Bertz CT molecular complexity index is 1280. The molecule has 13 heteroatoms. The van der Waals surface area contributed by atoms with Crippen LogP contribution >= 0.6 is 0 Å². The monoisotopic (exact) mass is 564 g/mol. The van der Waals surface area contributed by atoms with Crippen molar-refractivity contribution in [2.24, 2.45) is 29.4 Å². The van der Waals surface area contributed by atoms with Crippen molar-refractivity contribution in [3.05, 3.63) is 22.8 Å². The van der Waals surface area contributed by atoms with E-state index in [1.807, 2.05) is 0 Å². The average molecular weight is 565 g/mol. The zero-order chi connectivity index (χ0) is 29.8. The molecule has 3 aliphatic rings. The molecule has 1 aromatic rings. The molecule has 2 fully saturated rings. The molecule has 0 radical (unpaired) electrons. The summed E-state index contributed by atoms with van der Waals surface area (Å²) in [5, 5.41) is 25.4. The Kier molecular flexibility index (Phi) is 7.87. The van der Waals surface area contributed by atoms with Crippen molar-refractivity contribution >= 4 is 34.7 Å². The van der Waals surface area contributed by atoms with E-state index in [0.717, 1.165) is 0 Å². The molecule has 6 atom stereocenters. The van der Waals surface area contributed by atoms with E-state index in [0.29, 0.717) is 11.3 Å². The third kappa shape index (κ3) is 4.31. The number of ketones is 4. The normalized spacial score (nSPS) is 29.9. The van der Waals surface area contributed by atoms with Gasteiger partial charge in [0, 0.05) is 37.8 Å². The fraction of sp³-hybridized carbons (Fsp3) is 0.593. The first-order chi connectivity index (χ1) is 18.7. The summed E-state index contributed by atoms with van der Waals surface area (Å²) in [6.45, 7) is -2.15. The van der Waals surface area contributed by atoms with Crippen molar-refractivity contribution in [2.75, 3.05) is 46.4 Å². The first-order valence-corrected chi connectivity index (χ1v) is 13.0. The number of Topliss-reactive ketones (excluding diaryl/α,β-unsaturated/α-hetero) is 4. The highest BCUT2D eigenvalue weighted by Crippen LogP contribution is 2.52. The molecule has 0 saturated heterocycles. The number of halogens is 2. The van der Waals surface area contributed by atoms with Gasteiger partial charge in [-0.05, 0) is 44.5 Å². The van der Waals surface area contributed by atoms with Crippen LogP contribution in [0.1, 0.15) is 27.9 Å². The van der Waals surface area contributed by atoms with Crippen molar-refractivity contribution in [1.82, 2.24) is 10.2 Å². The van der Waals surface area contributed by atoms with Crippen LogP contribution in [0.2, 0.25) is 0 Å². The molecule has 3 unspecified atom stereocenters. The van der Waals surface area contributed by atoms with Gasteiger partial charge in [0.1, 0.15) is 19.1 Å². The SMILES string of the molecule is CN(C)c1cc(CNC(CF)CF)c(O)c2c1C[C@@H]1C[C@@H]3C(N(C)C)C(=O)C(C(N)=O)C(=O)[C@]3(O)C(=O)C1C2=O. The lowest BCUT2D eigenvalue weighted by Crippen LogP contribution is -2.74. The molecule has 0 aliphatic heterocycles. The van der Waals surface area contributed by atoms with E-state index in [1.54, 1.807) is 25.1 Å². The van der Waals surface area contributed by atoms with Gasteiger partial charge >= 0.3 is 0 Å². The second kappa shape index (κ2) is 10.6. The number of aromatic hydroxyl groups is 1. The maximum absolute atomic E-state index is 13.9. The van der Waals surface area contributed by atoms with Crippen LogP contribution in [0.15, 0.2) is 6.07 Å². The Balaban J connectivity index is 1.84. The zero-order valence-electron chi connectivity index (χ0n) is 22.7. The van der Waals surface area contributed by atoms with Gasteiger partial charge in [0.05, 0.1) is 23.6 Å². The van der Waals surface area contributed by atoms with Crippen molar-refractivity contribution in [3.8, 4) is 5.75 Å². The first-order valence-electron chi connectivity index (χ1n) is 13.0. The Morgan fingerprint density at radius 3 is 2.30 bits per heavy atom. The molecular formula is C27H34F2N4O7. The highest BCUT2D eigenvalue weighted by Gasteiger charge is 2.69. The number of anilines is 1. The predicted octanol–water partition coefficient (Wildman–Crippen LogP) is -0.670. The van der Waals surface area contributed by atoms with E-state index in [2.05, 4.69) is 5.32 Å². The molecule has 11 nitrogen and oxygen atoms in total. The maximum atomic E-state index is 13.9. The molecule has 2 saturated carbocycles. The lowest BCUT2D eigenvalue weighted by molar-refractivity contribution is -0.181. The summed E-state index contributed by atoms with van der Waals surface area (Å²) in [6, 6.07) is -0.708. The second-order valence-electron chi connectivity index (χ2n) is 11.3. The van der Waals surface area contributed by atoms with Gasteiger partial charge < -0.3 is 26.2 Å². The standard InChI is InChI=1S/C27H34F2N4O7/c1-32(2)16-7-12(10-31-13(8-28)9-29)21(34)18-14(16)5-11-6-15-20(33(3)4)23(36)19(26(30)39)25(38)27(15,40)24(37)17(11)22(18)35/h7,11,13,15,17,19-20,31,34,40H,5-6,8-10H2,1-4H3,(H2,30,39)/t11-,15-,17?,19?,20?,27-/m1/s1. The summed E-state index contributed by atoms with van der Waals surface area (Å²) < 4.78 is 26.1. The van der Waals surface area contributed by atoms with Crippen LogP contribution in [-0.4, -0.2) is 103 Å². The molecule has 0 heterocycles. The molecule has 4 rings (SSSR count). The van der Waals surface area contributed by atoms with Gasteiger partial charge in [0.25, 0.3) is 0 Å². The Labute approximate surface area is 229 Å². The number of nitrogens with one attached hydrogen (secondary N) is 1. The summed E-state index contributed by atoms with van der Waals surface area (Å²) in [6.07, 6.45) is 0.0493. The quantitative estimate of drug-likeness (QED) is 0.297. The van der Waals surface area contributed by atoms with Crippen LogP contribution in [0.3, 0.4) is 0 Å². The summed E-state index contributed by atoms with van der Waals surface area (Å²) >= 11 is 0. The van der Waals surface area contributed by atoms with E-state index in [9.17, 15) is 43.0 Å². The van der Waals surface area contributed by atoms with Gasteiger partial charge in [0.2, 0.25) is 5.91 Å². The number of phenolic OH excluding ortho intramolecular Hbond substituents is 1. The zero-order valence-corrected chi connectivity index (χ0v) is 22.7. The molecule has 3 aliphatic carbocycles. The molecule has 40 heavy (non-hydrogen) atoms. The van der Waals surface area contributed by atoms with Crippen LogP contribution in [-0.2, 0) is 32.1 Å². The number of carbonyl (C=O) groups excluding carboxylic acids is 5. The highest BCUT2D eigenvalue weighted by molar-refractivity contribution is 6.32. The minimum Gasteiger partial charge on any atom is -0.507 e. The van der Waals surface area contributed by atoms with E-state index in [-0.39, 0.29) is 30.5 Å². The third-order valence-corrected chi connectivity index (χ3v) is 8.55. The lowest BCUT2D eigenvalue weighted by Gasteiger charge is -2.52. The molecule has 0 spiro atoms. The van der Waals surface area contributed by atoms with E-state index in [1.165, 1.54) is 19.0 Å². The molecule has 0 aromatic heterocycles. The second-order valence-corrected chi connectivity index (χ2v) is 11.3. The number of carbonyl (C=O) groups is 5. The smallest absolute Gasteiger partial charge is 0.235 e. The number of likely N-dealkylation sites (N-methyl/N-ethyl adjacent to an activating group) is 1. The van der Waals surface area contributed by atoms with Gasteiger partial charge in [-0.25, -0.2) is 8.78 Å². The van der Waals surface area contributed by atoms with Crippen molar-refractivity contribution < 1.29 is 43.0 Å². The lowest BCUT2D eigenvalue weighted by atomic mass is 9.52. The van der Waals surface area contributed by atoms with Crippen molar-refractivity contribution in [2.45, 2.75) is 37.1 Å². The van der Waals surface area contributed by atoms with E-state index < -0.39 is 89.5 Å². The van der Waals surface area contributed by atoms with E-state index in [4.69, 9.17) is 5.73 Å². The number of nitrogens with zero attached hydrogens (tertiary/aromatic N) is 2. The van der Waals surface area contributed by atoms with Crippen LogP contribution in [0.5, 0.6) is 5.75 Å². The van der Waals surface area contributed by atoms with Crippen molar-refractivity contribution in [1.29, 1.82) is 0 Å². The number of phenols is 1. The average Bonchev–Trinajstić information content (AvgIpc) is 2.87. The number of alkyl halides is 2. The maximum Gasteiger partial charge on any atom is 0.235 e. The molecule has 218 valence electrons. The Morgan fingerprint density at radius 2 is 1.77 bits per heavy atom.